The van der Waals surface area contributed by atoms with E-state index in [0.29, 0.717) is 30.3 Å². The van der Waals surface area contributed by atoms with Crippen LogP contribution in [0.15, 0.2) is 36.7 Å². The predicted molar refractivity (Wildman–Crippen MR) is 152 cm³/mol. The standard InChI is InChI=1S/C30H36FN7O2/c1-18-24(17-33-37(18)3)28-27(31)23(10-13-32-28)29(40)35-30-34-25-16-20(19-11-14-36(2)15-12-19)4-9-26(25)38(30)21-5-7-22(39)8-6-21/h4,9-10,13,16-17,19,21-22,39H,5-8,11-12,14-15H2,1-3H3,(H,34,35,40)/t21-,22+. The van der Waals surface area contributed by atoms with Gasteiger partial charge < -0.3 is 14.6 Å². The fourth-order valence-corrected chi connectivity index (χ4v) is 6.19. The lowest BCUT2D eigenvalue weighted by molar-refractivity contribution is 0.101. The van der Waals surface area contributed by atoms with Gasteiger partial charge in [0.1, 0.15) is 5.69 Å². The number of hydrogen-bond donors (Lipinski definition) is 2. The smallest absolute Gasteiger partial charge is 0.261 e. The van der Waals surface area contributed by atoms with E-state index in [9.17, 15) is 9.90 Å². The summed E-state index contributed by atoms with van der Waals surface area (Å²) in [4.78, 5) is 25.0. The second-order valence-electron chi connectivity index (χ2n) is 11.3. The van der Waals surface area contributed by atoms with Crippen LogP contribution < -0.4 is 5.32 Å². The molecule has 1 saturated carbocycles. The average molecular weight is 546 g/mol. The molecular formula is C30H36FN7O2. The number of piperidine rings is 1. The maximum atomic E-state index is 15.7. The molecule has 4 aromatic rings. The van der Waals surface area contributed by atoms with Crippen molar-refractivity contribution in [3.8, 4) is 11.3 Å². The number of benzene rings is 1. The minimum absolute atomic E-state index is 0.0776. The number of amides is 1. The number of likely N-dealkylation sites (tertiary alicyclic amines) is 1. The van der Waals surface area contributed by atoms with Crippen LogP contribution in [-0.2, 0) is 7.05 Å². The highest BCUT2D eigenvalue weighted by Crippen LogP contribution is 2.37. The number of aryl methyl sites for hydroxylation is 1. The van der Waals surface area contributed by atoms with Crippen LogP contribution in [0.1, 0.15) is 72.1 Å². The molecule has 3 aromatic heterocycles. The minimum Gasteiger partial charge on any atom is -0.393 e. The van der Waals surface area contributed by atoms with Crippen LogP contribution in [0.4, 0.5) is 10.3 Å². The summed E-state index contributed by atoms with van der Waals surface area (Å²) in [6.45, 7) is 3.97. The van der Waals surface area contributed by atoms with Crippen LogP contribution in [0.3, 0.4) is 0 Å². The van der Waals surface area contributed by atoms with Crippen LogP contribution in [-0.4, -0.2) is 66.5 Å². The summed E-state index contributed by atoms with van der Waals surface area (Å²) in [6, 6.07) is 7.90. The van der Waals surface area contributed by atoms with E-state index >= 15 is 4.39 Å². The van der Waals surface area contributed by atoms with Gasteiger partial charge in [0.15, 0.2) is 5.82 Å². The first-order chi connectivity index (χ1) is 19.3. The number of rotatable bonds is 5. The molecule has 6 rings (SSSR count). The van der Waals surface area contributed by atoms with Crippen molar-refractivity contribution >= 4 is 22.9 Å². The van der Waals surface area contributed by atoms with E-state index in [1.807, 2.05) is 6.92 Å². The predicted octanol–water partition coefficient (Wildman–Crippen LogP) is 4.82. The average Bonchev–Trinajstić information content (AvgIpc) is 3.48. The maximum absolute atomic E-state index is 15.7. The number of imidazole rings is 1. The lowest BCUT2D eigenvalue weighted by Gasteiger charge is -2.29. The number of carbonyl (C=O) groups excluding carboxylic acids is 1. The van der Waals surface area contributed by atoms with Gasteiger partial charge in [-0.2, -0.15) is 5.10 Å². The zero-order valence-corrected chi connectivity index (χ0v) is 23.3. The van der Waals surface area contributed by atoms with Gasteiger partial charge in [-0.05, 0) is 95.3 Å². The van der Waals surface area contributed by atoms with Gasteiger partial charge in [-0.15, -0.1) is 0 Å². The lowest BCUT2D eigenvalue weighted by atomic mass is 9.89. The molecule has 9 nitrogen and oxygen atoms in total. The molecule has 10 heteroatoms. The molecule has 2 N–H and O–H groups in total. The Labute approximate surface area is 233 Å². The van der Waals surface area contributed by atoms with Crippen molar-refractivity contribution in [3.63, 3.8) is 0 Å². The largest absolute Gasteiger partial charge is 0.393 e. The number of aromatic nitrogens is 5. The van der Waals surface area contributed by atoms with Gasteiger partial charge in [0.2, 0.25) is 5.95 Å². The zero-order chi connectivity index (χ0) is 28.0. The first-order valence-electron chi connectivity index (χ1n) is 14.1. The molecule has 0 bridgehead atoms. The third kappa shape index (κ3) is 4.90. The Morgan fingerprint density at radius 2 is 1.82 bits per heavy atom. The minimum atomic E-state index is -0.691. The van der Waals surface area contributed by atoms with Crippen LogP contribution in [0, 0.1) is 12.7 Å². The second kappa shape index (κ2) is 10.7. The number of nitrogens with one attached hydrogen (secondary N) is 1. The summed E-state index contributed by atoms with van der Waals surface area (Å²) in [5, 5.41) is 17.2. The summed E-state index contributed by atoms with van der Waals surface area (Å²) in [6.07, 6.45) is 7.84. The topological polar surface area (TPSA) is 101 Å². The maximum Gasteiger partial charge on any atom is 0.261 e. The van der Waals surface area contributed by atoms with E-state index in [1.54, 1.807) is 17.9 Å². The Bertz CT molecular complexity index is 1550. The van der Waals surface area contributed by atoms with Crippen molar-refractivity contribution in [2.75, 3.05) is 25.5 Å². The van der Waals surface area contributed by atoms with Crippen molar-refractivity contribution < 1.29 is 14.3 Å². The number of aliphatic hydroxyl groups excluding tert-OH is 1. The number of carbonyl (C=O) groups is 1. The van der Waals surface area contributed by atoms with Crippen LogP contribution in [0.25, 0.3) is 22.3 Å². The van der Waals surface area contributed by atoms with Crippen LogP contribution >= 0.6 is 0 Å². The third-order valence-corrected chi connectivity index (χ3v) is 8.78. The van der Waals surface area contributed by atoms with Gasteiger partial charge in [0.25, 0.3) is 5.91 Å². The lowest BCUT2D eigenvalue weighted by Crippen LogP contribution is -2.29. The molecule has 210 valence electrons. The van der Waals surface area contributed by atoms with E-state index in [1.165, 1.54) is 17.8 Å². The van der Waals surface area contributed by atoms with Crippen LogP contribution in [0.2, 0.25) is 0 Å². The Kier molecular flexibility index (Phi) is 7.14. The van der Waals surface area contributed by atoms with Gasteiger partial charge in [-0.1, -0.05) is 6.07 Å². The Balaban J connectivity index is 1.36. The number of pyridine rings is 1. The summed E-state index contributed by atoms with van der Waals surface area (Å²) >= 11 is 0. The van der Waals surface area contributed by atoms with Gasteiger partial charge in [-0.3, -0.25) is 19.8 Å². The number of anilines is 1. The van der Waals surface area contributed by atoms with Crippen molar-refractivity contribution in [1.82, 2.24) is 29.2 Å². The van der Waals surface area contributed by atoms with E-state index in [0.717, 1.165) is 55.5 Å². The summed E-state index contributed by atoms with van der Waals surface area (Å²) in [7, 11) is 3.93. The quantitative estimate of drug-likeness (QED) is 0.373. The van der Waals surface area contributed by atoms with Crippen molar-refractivity contribution in [2.45, 2.75) is 63.5 Å². The molecule has 2 aliphatic rings. The molecule has 40 heavy (non-hydrogen) atoms. The molecule has 1 aromatic carbocycles. The van der Waals surface area contributed by atoms with Gasteiger partial charge in [-0.25, -0.2) is 9.37 Å². The number of halogens is 1. The Morgan fingerprint density at radius 1 is 1.07 bits per heavy atom. The van der Waals surface area contributed by atoms with Crippen molar-refractivity contribution in [1.29, 1.82) is 0 Å². The first kappa shape index (κ1) is 26.6. The molecule has 0 unspecified atom stereocenters. The molecule has 1 amide bonds. The molecule has 2 fully saturated rings. The third-order valence-electron chi connectivity index (χ3n) is 8.78. The monoisotopic (exact) mass is 545 g/mol. The fraction of sp³-hybridized carbons (Fsp3) is 0.467. The molecule has 0 spiro atoms. The summed E-state index contributed by atoms with van der Waals surface area (Å²) < 4.78 is 19.4. The SMILES string of the molecule is Cc1c(-c2nccc(C(=O)Nc3nc4cc(C5CCN(C)CC5)ccc4n3[C@H]3CC[C@@H](O)CC3)c2F)cnn1C. The number of nitrogens with zero attached hydrogens (tertiary/aromatic N) is 6. The highest BCUT2D eigenvalue weighted by molar-refractivity contribution is 6.05. The fourth-order valence-electron chi connectivity index (χ4n) is 6.19. The summed E-state index contributed by atoms with van der Waals surface area (Å²) in [5.41, 5.74) is 4.32. The van der Waals surface area contributed by atoms with E-state index in [-0.39, 0.29) is 23.4 Å². The van der Waals surface area contributed by atoms with Gasteiger partial charge >= 0.3 is 0 Å². The van der Waals surface area contributed by atoms with Crippen LogP contribution in [0.5, 0.6) is 0 Å². The number of hydrogen-bond acceptors (Lipinski definition) is 6. The molecule has 1 aliphatic heterocycles. The van der Waals surface area contributed by atoms with Gasteiger partial charge in [0.05, 0.1) is 28.9 Å². The number of fused-ring (bicyclic) bond motifs is 1. The Morgan fingerprint density at radius 3 is 2.52 bits per heavy atom. The normalized spacial score (nSPS) is 20.7. The summed E-state index contributed by atoms with van der Waals surface area (Å²) in [5.74, 6) is -0.388. The molecule has 1 saturated heterocycles. The molecular weight excluding hydrogens is 509 g/mol. The van der Waals surface area contributed by atoms with E-state index in [2.05, 4.69) is 50.1 Å². The number of aliphatic hydroxyl groups is 1. The molecule has 4 heterocycles. The van der Waals surface area contributed by atoms with E-state index < -0.39 is 11.7 Å². The first-order valence-corrected chi connectivity index (χ1v) is 14.1. The molecule has 0 radical (unpaired) electrons. The van der Waals surface area contributed by atoms with E-state index in [4.69, 9.17) is 4.98 Å². The van der Waals surface area contributed by atoms with Crippen molar-refractivity contribution in [2.24, 2.45) is 7.05 Å². The highest BCUT2D eigenvalue weighted by atomic mass is 19.1. The van der Waals surface area contributed by atoms with Gasteiger partial charge in [0, 0.05) is 30.5 Å². The van der Waals surface area contributed by atoms with Crippen molar-refractivity contribution in [3.05, 3.63) is 59.3 Å². The second-order valence-corrected chi connectivity index (χ2v) is 11.3. The molecule has 1 aliphatic carbocycles. The molecule has 0 atom stereocenters. The Hall–Kier alpha value is -3.63. The highest BCUT2D eigenvalue weighted by Gasteiger charge is 2.28. The zero-order valence-electron chi connectivity index (χ0n) is 23.3.